The molecular weight excluding hydrogens is 1010 g/mol. The van der Waals surface area contributed by atoms with Crippen molar-refractivity contribution < 1.29 is 28.6 Å². The number of esters is 3. The lowest BCUT2D eigenvalue weighted by molar-refractivity contribution is -0.167. The van der Waals surface area contributed by atoms with Crippen molar-refractivity contribution in [1.29, 1.82) is 0 Å². The molecule has 0 saturated heterocycles. The van der Waals surface area contributed by atoms with E-state index in [0.717, 1.165) is 103 Å². The zero-order chi connectivity index (χ0) is 59.2. The van der Waals surface area contributed by atoms with E-state index in [4.69, 9.17) is 14.2 Å². The van der Waals surface area contributed by atoms with Crippen molar-refractivity contribution >= 4 is 17.9 Å². The van der Waals surface area contributed by atoms with Crippen LogP contribution in [0.2, 0.25) is 0 Å². The molecule has 476 valence electrons. The Morgan fingerprint density at radius 3 is 0.768 bits per heavy atom. The van der Waals surface area contributed by atoms with Crippen LogP contribution in [0.1, 0.15) is 374 Å². The molecule has 0 saturated carbocycles. The summed E-state index contributed by atoms with van der Waals surface area (Å²) in [6, 6.07) is 0. The van der Waals surface area contributed by atoms with Gasteiger partial charge in [-0.1, -0.05) is 338 Å². The van der Waals surface area contributed by atoms with Crippen LogP contribution < -0.4 is 0 Å². The Balaban J connectivity index is 4.26. The maximum Gasteiger partial charge on any atom is 0.306 e. The lowest BCUT2D eigenvalue weighted by atomic mass is 10.0. The summed E-state index contributed by atoms with van der Waals surface area (Å²) < 4.78 is 17.0. The van der Waals surface area contributed by atoms with Crippen LogP contribution in [0.3, 0.4) is 0 Å². The van der Waals surface area contributed by atoms with E-state index < -0.39 is 6.10 Å². The third-order valence-electron chi connectivity index (χ3n) is 15.9. The van der Waals surface area contributed by atoms with Gasteiger partial charge in [-0.05, 0) is 89.9 Å². The first-order chi connectivity index (χ1) is 40.5. The number of hydrogen-bond donors (Lipinski definition) is 0. The van der Waals surface area contributed by atoms with Gasteiger partial charge in [0, 0.05) is 19.3 Å². The van der Waals surface area contributed by atoms with Crippen LogP contribution in [0, 0.1) is 0 Å². The number of hydrogen-bond acceptors (Lipinski definition) is 6. The van der Waals surface area contributed by atoms with Crippen molar-refractivity contribution in [3.63, 3.8) is 0 Å². The number of ether oxygens (including phenoxy) is 3. The number of carbonyl (C=O) groups excluding carboxylic acids is 3. The average Bonchev–Trinajstić information content (AvgIpc) is 3.47. The highest BCUT2D eigenvalue weighted by molar-refractivity contribution is 5.71. The van der Waals surface area contributed by atoms with E-state index in [1.165, 1.54) is 231 Å². The zero-order valence-electron chi connectivity index (χ0n) is 54.8. The number of carbonyl (C=O) groups is 3. The number of rotatable bonds is 66. The molecule has 0 heterocycles. The highest BCUT2D eigenvalue weighted by atomic mass is 16.6. The minimum Gasteiger partial charge on any atom is -0.462 e. The molecule has 0 amide bonds. The summed E-state index contributed by atoms with van der Waals surface area (Å²) in [6.07, 6.45) is 92.2. The van der Waals surface area contributed by atoms with Gasteiger partial charge in [-0.15, -0.1) is 0 Å². The first-order valence-electron chi connectivity index (χ1n) is 35.9. The van der Waals surface area contributed by atoms with Gasteiger partial charge in [0.1, 0.15) is 13.2 Å². The van der Waals surface area contributed by atoms with Crippen LogP contribution in [0.4, 0.5) is 0 Å². The minimum atomic E-state index is -0.782. The van der Waals surface area contributed by atoms with E-state index in [9.17, 15) is 14.4 Å². The molecule has 6 heteroatoms. The Kier molecular flexibility index (Phi) is 67.6. The molecule has 1 unspecified atom stereocenters. The molecular formula is C76H136O6. The summed E-state index contributed by atoms with van der Waals surface area (Å²) in [5, 5.41) is 0. The van der Waals surface area contributed by atoms with Crippen LogP contribution in [-0.4, -0.2) is 37.2 Å². The molecule has 82 heavy (non-hydrogen) atoms. The third kappa shape index (κ3) is 67.6. The van der Waals surface area contributed by atoms with Gasteiger partial charge >= 0.3 is 17.9 Å². The molecule has 0 aliphatic rings. The quantitative estimate of drug-likeness (QED) is 0.0261. The molecule has 0 aromatic carbocycles. The first kappa shape index (κ1) is 78.8. The summed E-state index contributed by atoms with van der Waals surface area (Å²) in [4.78, 5) is 38.4. The molecule has 6 nitrogen and oxygen atoms in total. The molecule has 0 aliphatic heterocycles. The van der Waals surface area contributed by atoms with Crippen molar-refractivity contribution in [3.05, 3.63) is 72.9 Å². The van der Waals surface area contributed by atoms with Gasteiger partial charge in [0.2, 0.25) is 0 Å². The fourth-order valence-electron chi connectivity index (χ4n) is 10.6. The monoisotopic (exact) mass is 1150 g/mol. The van der Waals surface area contributed by atoms with E-state index in [2.05, 4.69) is 93.7 Å². The van der Waals surface area contributed by atoms with Crippen molar-refractivity contribution in [2.24, 2.45) is 0 Å². The lowest BCUT2D eigenvalue weighted by Gasteiger charge is -2.18. The second kappa shape index (κ2) is 70.3. The molecule has 0 aromatic rings. The molecule has 0 N–H and O–H groups in total. The second-order valence-corrected chi connectivity index (χ2v) is 24.1. The van der Waals surface area contributed by atoms with E-state index >= 15 is 0 Å². The minimum absolute atomic E-state index is 0.0766. The van der Waals surface area contributed by atoms with Crippen molar-refractivity contribution in [3.8, 4) is 0 Å². The summed E-state index contributed by atoms with van der Waals surface area (Å²) in [5.41, 5.74) is 0. The first-order valence-corrected chi connectivity index (χ1v) is 35.9. The number of allylic oxidation sites excluding steroid dienone is 12. The lowest BCUT2D eigenvalue weighted by Crippen LogP contribution is -2.30. The maximum absolute atomic E-state index is 13.0. The molecule has 0 radical (unpaired) electrons. The van der Waals surface area contributed by atoms with E-state index in [0.29, 0.717) is 19.3 Å². The summed E-state index contributed by atoms with van der Waals surface area (Å²) in [6.45, 7) is 6.56. The zero-order valence-corrected chi connectivity index (χ0v) is 54.8. The average molecular weight is 1150 g/mol. The Morgan fingerprint density at radius 2 is 0.476 bits per heavy atom. The molecule has 1 atom stereocenters. The topological polar surface area (TPSA) is 78.9 Å². The second-order valence-electron chi connectivity index (χ2n) is 24.1. The highest BCUT2D eigenvalue weighted by Crippen LogP contribution is 2.18. The van der Waals surface area contributed by atoms with Crippen LogP contribution >= 0.6 is 0 Å². The molecule has 0 aliphatic carbocycles. The molecule has 0 bridgehead atoms. The van der Waals surface area contributed by atoms with Gasteiger partial charge in [-0.3, -0.25) is 14.4 Å². The summed E-state index contributed by atoms with van der Waals surface area (Å²) in [7, 11) is 0. The van der Waals surface area contributed by atoms with Crippen LogP contribution in [0.5, 0.6) is 0 Å². The van der Waals surface area contributed by atoms with Gasteiger partial charge < -0.3 is 14.2 Å². The molecule has 0 spiro atoms. The smallest absolute Gasteiger partial charge is 0.306 e. The van der Waals surface area contributed by atoms with Gasteiger partial charge in [-0.2, -0.15) is 0 Å². The van der Waals surface area contributed by atoms with Crippen molar-refractivity contribution in [2.75, 3.05) is 13.2 Å². The fourth-order valence-corrected chi connectivity index (χ4v) is 10.6. The van der Waals surface area contributed by atoms with Crippen LogP contribution in [0.25, 0.3) is 0 Å². The highest BCUT2D eigenvalue weighted by Gasteiger charge is 2.19. The summed E-state index contributed by atoms with van der Waals surface area (Å²) >= 11 is 0. The van der Waals surface area contributed by atoms with Gasteiger partial charge in [0.15, 0.2) is 6.10 Å². The van der Waals surface area contributed by atoms with Gasteiger partial charge in [0.05, 0.1) is 0 Å². The Hall–Kier alpha value is -3.15. The predicted octanol–water partition coefficient (Wildman–Crippen LogP) is 24.8. The van der Waals surface area contributed by atoms with Gasteiger partial charge in [-0.25, -0.2) is 0 Å². The standard InChI is InChI=1S/C76H136O6/c1-4-7-10-13-16-19-22-25-27-29-31-33-35-37-39-40-42-44-46-48-51-54-57-60-63-66-69-75(78)81-72-73(71-80-74(77)68-65-62-59-56-53-50-24-21-18-15-12-9-6-3)82-76(79)70-67-64-61-58-55-52-49-47-45-43-41-38-36-34-32-30-28-26-23-20-17-14-11-8-5-2/h8,11,17,20-21,24,26,28,32,34,38,41,73H,4-7,9-10,12-16,18-19,22-23,25,27,29-31,33,35-37,39-40,42-72H2,1-3H3/b11-8-,20-17-,24-21-,28-26-,34-32-,41-38-. The van der Waals surface area contributed by atoms with Crippen molar-refractivity contribution in [1.82, 2.24) is 0 Å². The molecule has 0 rings (SSSR count). The maximum atomic E-state index is 13.0. The summed E-state index contributed by atoms with van der Waals surface area (Å²) in [5.74, 6) is -0.870. The van der Waals surface area contributed by atoms with Gasteiger partial charge in [0.25, 0.3) is 0 Å². The third-order valence-corrected chi connectivity index (χ3v) is 15.9. The molecule has 0 fully saturated rings. The Morgan fingerprint density at radius 1 is 0.256 bits per heavy atom. The predicted molar refractivity (Wildman–Crippen MR) is 358 cm³/mol. The molecule has 0 aromatic heterocycles. The van der Waals surface area contributed by atoms with Crippen LogP contribution in [-0.2, 0) is 28.6 Å². The van der Waals surface area contributed by atoms with E-state index in [-0.39, 0.29) is 31.1 Å². The van der Waals surface area contributed by atoms with Crippen LogP contribution in [0.15, 0.2) is 72.9 Å². The largest absolute Gasteiger partial charge is 0.462 e. The Bertz CT molecular complexity index is 1500. The van der Waals surface area contributed by atoms with E-state index in [1.807, 2.05) is 0 Å². The normalized spacial score (nSPS) is 12.5. The van der Waals surface area contributed by atoms with E-state index in [1.54, 1.807) is 0 Å². The van der Waals surface area contributed by atoms with Crippen molar-refractivity contribution in [2.45, 2.75) is 380 Å². The SMILES string of the molecule is CC/C=C\C/C=C\C/C=C\C/C=C\C/C=C\CCCCCCCCCCCC(=O)OC(COC(=O)CCCCCCC/C=C\CCCCCC)COC(=O)CCCCCCCCCCCCCCCCCCCCCCCCCCCC. The number of unbranched alkanes of at least 4 members (excludes halogenated alkanes) is 43. The Labute approximate surface area is 510 Å². The fraction of sp³-hybridized carbons (Fsp3) is 0.803.